The Labute approximate surface area is 140 Å². The van der Waals surface area contributed by atoms with Gasteiger partial charge in [0, 0.05) is 5.92 Å². The van der Waals surface area contributed by atoms with Gasteiger partial charge in [-0.05, 0) is 41.7 Å². The summed E-state index contributed by atoms with van der Waals surface area (Å²) in [5.74, 6) is 1.44. The van der Waals surface area contributed by atoms with E-state index in [0.29, 0.717) is 17.6 Å². The molecule has 1 heterocycles. The average molecular weight is 328 g/mol. The molecule has 23 heavy (non-hydrogen) atoms. The van der Waals surface area contributed by atoms with E-state index >= 15 is 0 Å². The molecule has 2 aromatic rings. The molecule has 2 N–H and O–H groups in total. The molecule has 0 radical (unpaired) electrons. The van der Waals surface area contributed by atoms with Crippen molar-refractivity contribution in [3.8, 4) is 11.5 Å². The van der Waals surface area contributed by atoms with Gasteiger partial charge in [-0.15, -0.1) is 0 Å². The van der Waals surface area contributed by atoms with Crippen LogP contribution in [0.2, 0.25) is 5.02 Å². The quantitative estimate of drug-likeness (QED) is 0.772. The lowest BCUT2D eigenvalue weighted by atomic mass is 9.77. The Morgan fingerprint density at radius 3 is 2.91 bits per heavy atom. The minimum atomic E-state index is 0.110. The fourth-order valence-corrected chi connectivity index (χ4v) is 4.05. The van der Waals surface area contributed by atoms with Gasteiger partial charge < -0.3 is 15.2 Å². The van der Waals surface area contributed by atoms with Crippen molar-refractivity contribution in [2.75, 3.05) is 12.4 Å². The topological polar surface area (TPSA) is 41.5 Å². The zero-order valence-electron chi connectivity index (χ0n) is 12.8. The van der Waals surface area contributed by atoms with Gasteiger partial charge in [0.15, 0.2) is 11.5 Å². The summed E-state index contributed by atoms with van der Waals surface area (Å²) < 4.78 is 5.15. The minimum Gasteiger partial charge on any atom is -0.504 e. The van der Waals surface area contributed by atoms with Gasteiger partial charge in [0.25, 0.3) is 0 Å². The van der Waals surface area contributed by atoms with Gasteiger partial charge in [0.2, 0.25) is 0 Å². The first-order valence-corrected chi connectivity index (χ1v) is 8.15. The summed E-state index contributed by atoms with van der Waals surface area (Å²) in [4.78, 5) is 0. The second-order valence-electron chi connectivity index (χ2n) is 6.11. The zero-order valence-corrected chi connectivity index (χ0v) is 13.5. The standard InChI is InChI=1S/C19H18ClNO2/c1-23-17-9-8-11(10-16(17)22)18-13-5-2-4-12(13)14-6-3-7-15(20)19(14)21-18/h2-4,6-10,12-13,18,21-22H,5H2,1H3. The highest BCUT2D eigenvalue weighted by atomic mass is 35.5. The molecule has 2 aliphatic rings. The van der Waals surface area contributed by atoms with Crippen LogP contribution in [0.15, 0.2) is 48.6 Å². The highest BCUT2D eigenvalue weighted by Gasteiger charge is 2.38. The predicted octanol–water partition coefficient (Wildman–Crippen LogP) is 4.88. The second kappa shape index (κ2) is 5.50. The predicted molar refractivity (Wildman–Crippen MR) is 92.5 cm³/mol. The van der Waals surface area contributed by atoms with Crippen LogP contribution >= 0.6 is 11.6 Å². The van der Waals surface area contributed by atoms with Gasteiger partial charge in [0.1, 0.15) is 0 Å². The number of halogens is 1. The Morgan fingerprint density at radius 1 is 1.26 bits per heavy atom. The third-order valence-corrected chi connectivity index (χ3v) is 5.22. The van der Waals surface area contributed by atoms with Gasteiger partial charge in [-0.25, -0.2) is 0 Å². The van der Waals surface area contributed by atoms with Crippen LogP contribution in [-0.2, 0) is 0 Å². The summed E-state index contributed by atoms with van der Waals surface area (Å²) in [6.45, 7) is 0. The van der Waals surface area contributed by atoms with Crippen molar-refractivity contribution in [2.45, 2.75) is 18.4 Å². The number of nitrogens with one attached hydrogen (secondary N) is 1. The number of benzene rings is 2. The van der Waals surface area contributed by atoms with Gasteiger partial charge in [-0.2, -0.15) is 0 Å². The molecule has 0 bridgehead atoms. The summed E-state index contributed by atoms with van der Waals surface area (Å²) in [7, 11) is 1.56. The molecular weight excluding hydrogens is 310 g/mol. The highest BCUT2D eigenvalue weighted by molar-refractivity contribution is 6.33. The largest absolute Gasteiger partial charge is 0.504 e. The maximum atomic E-state index is 10.1. The van der Waals surface area contributed by atoms with Gasteiger partial charge in [0.05, 0.1) is 23.9 Å². The van der Waals surface area contributed by atoms with E-state index in [1.165, 1.54) is 5.56 Å². The summed E-state index contributed by atoms with van der Waals surface area (Å²) in [6, 6.07) is 11.8. The molecule has 0 amide bonds. The van der Waals surface area contributed by atoms with Crippen LogP contribution in [0.25, 0.3) is 0 Å². The minimum absolute atomic E-state index is 0.110. The first kappa shape index (κ1) is 14.5. The molecule has 0 spiro atoms. The van der Waals surface area contributed by atoms with Crippen molar-refractivity contribution in [3.63, 3.8) is 0 Å². The van der Waals surface area contributed by atoms with E-state index in [1.807, 2.05) is 24.3 Å². The molecule has 4 heteroatoms. The van der Waals surface area contributed by atoms with E-state index in [9.17, 15) is 5.11 Å². The lowest BCUT2D eigenvalue weighted by Gasteiger charge is -2.38. The number of methoxy groups -OCH3 is 1. The first-order valence-electron chi connectivity index (χ1n) is 7.77. The number of phenols is 1. The Morgan fingerprint density at radius 2 is 2.13 bits per heavy atom. The number of para-hydroxylation sites is 1. The number of rotatable bonds is 2. The van der Waals surface area contributed by atoms with Crippen molar-refractivity contribution < 1.29 is 9.84 Å². The molecule has 2 aromatic carbocycles. The fourth-order valence-electron chi connectivity index (χ4n) is 3.81. The molecule has 3 atom stereocenters. The lowest BCUT2D eigenvalue weighted by molar-refractivity contribution is 0.371. The number of ether oxygens (including phenoxy) is 1. The fraction of sp³-hybridized carbons (Fsp3) is 0.263. The summed E-state index contributed by atoms with van der Waals surface area (Å²) >= 11 is 6.41. The molecule has 4 rings (SSSR count). The van der Waals surface area contributed by atoms with Gasteiger partial charge in [-0.3, -0.25) is 0 Å². The van der Waals surface area contributed by atoms with Crippen LogP contribution in [-0.4, -0.2) is 12.2 Å². The van der Waals surface area contributed by atoms with E-state index in [4.69, 9.17) is 16.3 Å². The van der Waals surface area contributed by atoms with Crippen molar-refractivity contribution in [1.29, 1.82) is 0 Å². The SMILES string of the molecule is COc1ccc(C2Nc3c(Cl)cccc3C3C=CCC32)cc1O. The number of anilines is 1. The average Bonchev–Trinajstić information content (AvgIpc) is 3.04. The van der Waals surface area contributed by atoms with E-state index in [2.05, 4.69) is 23.5 Å². The van der Waals surface area contributed by atoms with Crippen LogP contribution in [0.1, 0.15) is 29.5 Å². The summed E-state index contributed by atoms with van der Waals surface area (Å²) in [6.07, 6.45) is 5.53. The molecule has 0 aromatic heterocycles. The number of hydrogen-bond acceptors (Lipinski definition) is 3. The van der Waals surface area contributed by atoms with Crippen molar-refractivity contribution >= 4 is 17.3 Å². The van der Waals surface area contributed by atoms with Crippen LogP contribution in [0.4, 0.5) is 5.69 Å². The Hall–Kier alpha value is -2.13. The molecular formula is C19H18ClNO2. The number of hydrogen-bond donors (Lipinski definition) is 2. The molecule has 0 saturated carbocycles. The third-order valence-electron chi connectivity index (χ3n) is 4.91. The van der Waals surface area contributed by atoms with Crippen molar-refractivity contribution in [3.05, 3.63) is 64.7 Å². The summed E-state index contributed by atoms with van der Waals surface area (Å²) in [5, 5.41) is 14.5. The molecule has 1 aliphatic carbocycles. The van der Waals surface area contributed by atoms with E-state index in [0.717, 1.165) is 22.7 Å². The molecule has 3 unspecified atom stereocenters. The normalized spacial score (nSPS) is 24.7. The first-order chi connectivity index (χ1) is 11.2. The molecule has 118 valence electrons. The Balaban J connectivity index is 1.78. The van der Waals surface area contributed by atoms with Crippen LogP contribution < -0.4 is 10.1 Å². The number of fused-ring (bicyclic) bond motifs is 3. The molecule has 1 aliphatic heterocycles. The van der Waals surface area contributed by atoms with Crippen LogP contribution in [0.3, 0.4) is 0 Å². The van der Waals surface area contributed by atoms with Gasteiger partial charge in [-0.1, -0.05) is 42.0 Å². The van der Waals surface area contributed by atoms with Gasteiger partial charge >= 0.3 is 0 Å². The smallest absolute Gasteiger partial charge is 0.160 e. The monoisotopic (exact) mass is 327 g/mol. The summed E-state index contributed by atoms with van der Waals surface area (Å²) in [5.41, 5.74) is 3.31. The number of phenolic OH excluding ortho intramolecular Hbond substituents is 1. The van der Waals surface area contributed by atoms with E-state index in [-0.39, 0.29) is 11.8 Å². The lowest BCUT2D eigenvalue weighted by Crippen LogP contribution is -2.29. The second-order valence-corrected chi connectivity index (χ2v) is 6.52. The Kier molecular flexibility index (Phi) is 3.46. The number of aromatic hydroxyl groups is 1. The van der Waals surface area contributed by atoms with E-state index < -0.39 is 0 Å². The maximum absolute atomic E-state index is 10.1. The maximum Gasteiger partial charge on any atom is 0.160 e. The van der Waals surface area contributed by atoms with Crippen LogP contribution in [0, 0.1) is 5.92 Å². The molecule has 3 nitrogen and oxygen atoms in total. The molecule has 0 saturated heterocycles. The number of allylic oxidation sites excluding steroid dienone is 2. The van der Waals surface area contributed by atoms with E-state index in [1.54, 1.807) is 13.2 Å². The third kappa shape index (κ3) is 2.27. The van der Waals surface area contributed by atoms with Crippen molar-refractivity contribution in [2.24, 2.45) is 5.92 Å². The highest BCUT2D eigenvalue weighted by Crippen LogP contribution is 2.51. The zero-order chi connectivity index (χ0) is 16.0. The van der Waals surface area contributed by atoms with Crippen molar-refractivity contribution in [1.82, 2.24) is 0 Å². The molecule has 0 fully saturated rings. The Bertz CT molecular complexity index is 787. The van der Waals surface area contributed by atoms with Crippen LogP contribution in [0.5, 0.6) is 11.5 Å².